The number of carbonyl (C=O) groups is 1. The molecule has 0 heterocycles. The monoisotopic (exact) mass is 321 g/mol. The Morgan fingerprint density at radius 2 is 1.92 bits per heavy atom. The van der Waals surface area contributed by atoms with Crippen molar-refractivity contribution >= 4 is 5.91 Å². The Kier molecular flexibility index (Phi) is 3.02. The van der Waals surface area contributed by atoms with Crippen molar-refractivity contribution in [3.8, 4) is 0 Å². The Bertz CT molecular complexity index is 863. The van der Waals surface area contributed by atoms with Crippen LogP contribution in [0.3, 0.4) is 0 Å². The van der Waals surface area contributed by atoms with Gasteiger partial charge in [0.25, 0.3) is 0 Å². The van der Waals surface area contributed by atoms with E-state index in [1.807, 2.05) is 19.1 Å². The number of allylic oxidation sites excluding steroid dienone is 13. The summed E-state index contributed by atoms with van der Waals surface area (Å²) in [6, 6.07) is 0. The molecule has 122 valence electrons. The van der Waals surface area contributed by atoms with Crippen molar-refractivity contribution in [3.63, 3.8) is 0 Å². The summed E-state index contributed by atoms with van der Waals surface area (Å²) in [7, 11) is 0. The summed E-state index contributed by atoms with van der Waals surface area (Å²) in [4.78, 5) is 12.1. The lowest BCUT2D eigenvalue weighted by Crippen LogP contribution is -2.35. The van der Waals surface area contributed by atoms with Gasteiger partial charge in [-0.25, -0.2) is 0 Å². The molecule has 4 rings (SSSR count). The van der Waals surface area contributed by atoms with Crippen molar-refractivity contribution in [2.24, 2.45) is 10.8 Å². The predicted octanol–water partition coefficient (Wildman–Crippen LogP) is 3.79. The number of amides is 1. The fourth-order valence-electron chi connectivity index (χ4n) is 4.21. The van der Waals surface area contributed by atoms with Crippen LogP contribution in [-0.4, -0.2) is 21.5 Å². The number of rotatable bonds is 1. The van der Waals surface area contributed by atoms with Gasteiger partial charge in [-0.05, 0) is 35.6 Å². The van der Waals surface area contributed by atoms with Crippen LogP contribution in [0.1, 0.15) is 20.3 Å². The summed E-state index contributed by atoms with van der Waals surface area (Å²) in [5, 5.41) is 17.9. The van der Waals surface area contributed by atoms with Crippen LogP contribution >= 0.6 is 0 Å². The minimum absolute atomic E-state index is 0.0652. The Labute approximate surface area is 140 Å². The van der Waals surface area contributed by atoms with E-state index >= 15 is 0 Å². The molecule has 0 bridgehead atoms. The molecule has 4 aliphatic carbocycles. The lowest BCUT2D eigenvalue weighted by atomic mass is 9.61. The first-order chi connectivity index (χ1) is 11.4. The number of carbonyl (C=O) groups excluding carboxylic acids is 1. The van der Waals surface area contributed by atoms with Gasteiger partial charge in [-0.1, -0.05) is 66.8 Å². The van der Waals surface area contributed by atoms with Crippen LogP contribution in [0.5, 0.6) is 0 Å². The topological polar surface area (TPSA) is 60.8 Å². The highest BCUT2D eigenvalue weighted by Crippen LogP contribution is 2.56. The molecule has 0 aromatic heterocycles. The maximum Gasteiger partial charge on any atom is 0.300 e. The van der Waals surface area contributed by atoms with E-state index in [0.717, 1.165) is 17.6 Å². The van der Waals surface area contributed by atoms with Gasteiger partial charge < -0.3 is 0 Å². The molecule has 4 nitrogen and oxygen atoms in total. The first kappa shape index (κ1) is 15.1. The van der Waals surface area contributed by atoms with Crippen molar-refractivity contribution in [2.75, 3.05) is 0 Å². The predicted molar refractivity (Wildman–Crippen MR) is 89.9 cm³/mol. The molecule has 0 aliphatic heterocycles. The second kappa shape index (κ2) is 4.79. The van der Waals surface area contributed by atoms with Crippen LogP contribution in [0.4, 0.5) is 0 Å². The second-order valence-electron chi connectivity index (χ2n) is 7.04. The van der Waals surface area contributed by atoms with E-state index < -0.39 is 11.3 Å². The molecule has 4 heteroatoms. The van der Waals surface area contributed by atoms with E-state index in [1.54, 1.807) is 6.08 Å². The lowest BCUT2D eigenvalue weighted by molar-refractivity contribution is -0.282. The second-order valence-corrected chi connectivity index (χ2v) is 7.04. The van der Waals surface area contributed by atoms with Crippen molar-refractivity contribution in [2.45, 2.75) is 20.3 Å². The summed E-state index contributed by atoms with van der Waals surface area (Å²) in [5.41, 5.74) is 4.32. The van der Waals surface area contributed by atoms with Crippen LogP contribution in [-0.2, 0) is 4.79 Å². The zero-order valence-corrected chi connectivity index (χ0v) is 13.7. The summed E-state index contributed by atoms with van der Waals surface area (Å²) in [6.45, 7) is 4.17. The highest BCUT2D eigenvalue weighted by molar-refractivity contribution is 5.97. The summed E-state index contributed by atoms with van der Waals surface area (Å²) in [6.07, 6.45) is 19.3. The van der Waals surface area contributed by atoms with E-state index in [0.29, 0.717) is 5.57 Å². The Morgan fingerprint density at radius 3 is 2.67 bits per heavy atom. The number of hydrogen-bond donors (Lipinski definition) is 2. The average molecular weight is 321 g/mol. The third kappa shape index (κ3) is 1.78. The first-order valence-electron chi connectivity index (χ1n) is 8.03. The fourth-order valence-corrected chi connectivity index (χ4v) is 4.21. The van der Waals surface area contributed by atoms with Crippen LogP contribution in [0, 0.1) is 10.8 Å². The first-order valence-corrected chi connectivity index (χ1v) is 8.03. The molecular formula is C20H19NO3. The molecule has 2 unspecified atom stereocenters. The van der Waals surface area contributed by atoms with Gasteiger partial charge in [-0.2, -0.15) is 0 Å². The third-order valence-electron chi connectivity index (χ3n) is 5.71. The molecule has 0 fully saturated rings. The van der Waals surface area contributed by atoms with Gasteiger partial charge in [0.2, 0.25) is 0 Å². The van der Waals surface area contributed by atoms with Crippen LogP contribution in [0.15, 0.2) is 82.5 Å². The molecule has 0 aromatic carbocycles. The van der Waals surface area contributed by atoms with Gasteiger partial charge in [0.1, 0.15) is 0 Å². The van der Waals surface area contributed by atoms with Gasteiger partial charge in [0, 0.05) is 16.4 Å². The third-order valence-corrected chi connectivity index (χ3v) is 5.71. The maximum absolute atomic E-state index is 12.1. The average Bonchev–Trinajstić information content (AvgIpc) is 2.90. The molecule has 0 radical (unpaired) electrons. The van der Waals surface area contributed by atoms with E-state index in [1.165, 1.54) is 11.1 Å². The SMILES string of the molecule is CC12C=CC3=C(C=CC4=CC=CCC43C)C1=CC=C2C(=O)N(O)O. The molecule has 1 amide bonds. The van der Waals surface area contributed by atoms with E-state index in [-0.39, 0.29) is 10.6 Å². The van der Waals surface area contributed by atoms with Crippen LogP contribution in [0.2, 0.25) is 0 Å². The molecule has 2 N–H and O–H groups in total. The number of nitrogens with zero attached hydrogens (tertiary/aromatic N) is 1. The summed E-state index contributed by atoms with van der Waals surface area (Å²) in [5.74, 6) is -0.801. The molecule has 2 atom stereocenters. The Morgan fingerprint density at radius 1 is 1.12 bits per heavy atom. The number of hydroxylamine groups is 2. The standard InChI is InChI=1S/C20H19NO3/c1-19-11-4-3-5-13(19)6-7-14-15-8-9-17(18(22)21(23)24)20(15,2)12-10-16(14)19/h3-10,12,23-24H,11H2,1-2H3. The molecular weight excluding hydrogens is 302 g/mol. The zero-order chi connectivity index (χ0) is 17.1. The van der Waals surface area contributed by atoms with Crippen LogP contribution < -0.4 is 0 Å². The van der Waals surface area contributed by atoms with Crippen molar-refractivity contribution in [1.29, 1.82) is 0 Å². The highest BCUT2D eigenvalue weighted by atomic mass is 16.8. The van der Waals surface area contributed by atoms with E-state index in [4.69, 9.17) is 10.4 Å². The number of hydrogen-bond acceptors (Lipinski definition) is 3. The maximum atomic E-state index is 12.1. The van der Waals surface area contributed by atoms with Gasteiger partial charge in [-0.15, -0.1) is 0 Å². The van der Waals surface area contributed by atoms with E-state index in [2.05, 4.69) is 43.4 Å². The minimum atomic E-state index is -0.801. The highest BCUT2D eigenvalue weighted by Gasteiger charge is 2.46. The zero-order valence-electron chi connectivity index (χ0n) is 13.7. The molecule has 24 heavy (non-hydrogen) atoms. The summed E-state index contributed by atoms with van der Waals surface area (Å²) < 4.78 is 0. The lowest BCUT2D eigenvalue weighted by Gasteiger charge is -2.42. The van der Waals surface area contributed by atoms with E-state index in [9.17, 15) is 4.79 Å². The van der Waals surface area contributed by atoms with Gasteiger partial charge >= 0.3 is 5.91 Å². The largest absolute Gasteiger partial charge is 0.300 e. The smallest absolute Gasteiger partial charge is 0.264 e. The molecule has 0 spiro atoms. The van der Waals surface area contributed by atoms with Gasteiger partial charge in [0.05, 0.1) is 0 Å². The van der Waals surface area contributed by atoms with Crippen molar-refractivity contribution < 1.29 is 15.2 Å². The normalized spacial score (nSPS) is 32.6. The number of fused-ring (bicyclic) bond motifs is 4. The fraction of sp³-hybridized carbons (Fsp3) is 0.250. The molecule has 0 saturated heterocycles. The molecule has 0 aromatic rings. The molecule has 4 aliphatic rings. The van der Waals surface area contributed by atoms with Gasteiger partial charge in [0.15, 0.2) is 0 Å². The summed E-state index contributed by atoms with van der Waals surface area (Å²) >= 11 is 0. The molecule has 0 saturated carbocycles. The van der Waals surface area contributed by atoms with Gasteiger partial charge in [-0.3, -0.25) is 15.2 Å². The van der Waals surface area contributed by atoms with Crippen molar-refractivity contribution in [1.82, 2.24) is 5.23 Å². The van der Waals surface area contributed by atoms with Crippen LogP contribution in [0.25, 0.3) is 0 Å². The van der Waals surface area contributed by atoms with Crippen molar-refractivity contribution in [3.05, 3.63) is 82.5 Å². The minimum Gasteiger partial charge on any atom is -0.264 e. The Hall–Kier alpha value is -2.43. The quantitative estimate of drug-likeness (QED) is 0.570. The Balaban J connectivity index is 1.80.